The van der Waals surface area contributed by atoms with Gasteiger partial charge in [0.15, 0.2) is 0 Å². The molecule has 0 radical (unpaired) electrons. The van der Waals surface area contributed by atoms with E-state index in [0.717, 1.165) is 24.2 Å². The predicted octanol–water partition coefficient (Wildman–Crippen LogP) is 4.25. The Labute approximate surface area is 96.3 Å². The van der Waals surface area contributed by atoms with Crippen LogP contribution in [-0.4, -0.2) is 11.2 Å². The van der Waals surface area contributed by atoms with Crippen molar-refractivity contribution in [1.82, 2.24) is 0 Å². The molecule has 0 saturated heterocycles. The Balaban J connectivity index is 3.91. The summed E-state index contributed by atoms with van der Waals surface area (Å²) in [5.41, 5.74) is 0. The summed E-state index contributed by atoms with van der Waals surface area (Å²) in [6.45, 7) is 11.1. The third-order valence-corrected chi connectivity index (χ3v) is 2.98. The van der Waals surface area contributed by atoms with E-state index in [1.807, 2.05) is 6.92 Å². The molecule has 0 aliphatic heterocycles. The van der Waals surface area contributed by atoms with Gasteiger partial charge in [0.25, 0.3) is 0 Å². The summed E-state index contributed by atoms with van der Waals surface area (Å²) in [6.07, 6.45) is 5.97. The Morgan fingerprint density at radius 2 is 1.53 bits per heavy atom. The lowest BCUT2D eigenvalue weighted by Gasteiger charge is -2.22. The lowest BCUT2D eigenvalue weighted by Crippen LogP contribution is -2.14. The quantitative estimate of drug-likeness (QED) is 0.640. The molecule has 0 aliphatic rings. The van der Waals surface area contributed by atoms with Gasteiger partial charge >= 0.3 is 0 Å². The van der Waals surface area contributed by atoms with Crippen molar-refractivity contribution in [1.29, 1.82) is 0 Å². The van der Waals surface area contributed by atoms with E-state index >= 15 is 0 Å². The van der Waals surface area contributed by atoms with E-state index in [1.54, 1.807) is 0 Å². The highest BCUT2D eigenvalue weighted by atomic mass is 16.3. The van der Waals surface area contributed by atoms with E-state index in [2.05, 4.69) is 27.7 Å². The highest BCUT2D eigenvalue weighted by Gasteiger charge is 2.15. The third kappa shape index (κ3) is 8.92. The van der Waals surface area contributed by atoms with Crippen molar-refractivity contribution >= 4 is 0 Å². The molecule has 0 aromatic carbocycles. The average Bonchev–Trinajstić information content (AvgIpc) is 2.00. The molecule has 0 aromatic heterocycles. The first kappa shape index (κ1) is 15.0. The number of hydrogen-bond donors (Lipinski definition) is 1. The molecule has 0 aromatic rings. The molecule has 0 amide bonds. The Morgan fingerprint density at radius 3 is 1.93 bits per heavy atom. The van der Waals surface area contributed by atoms with E-state index in [-0.39, 0.29) is 6.10 Å². The molecule has 0 rings (SSSR count). The summed E-state index contributed by atoms with van der Waals surface area (Å²) in [4.78, 5) is 0. The zero-order valence-electron chi connectivity index (χ0n) is 11.3. The zero-order valence-corrected chi connectivity index (χ0v) is 11.3. The van der Waals surface area contributed by atoms with Crippen LogP contribution in [-0.2, 0) is 0 Å². The van der Waals surface area contributed by atoms with Crippen LogP contribution < -0.4 is 0 Å². The van der Waals surface area contributed by atoms with Crippen molar-refractivity contribution in [3.8, 4) is 0 Å². The Kier molecular flexibility index (Phi) is 8.13. The van der Waals surface area contributed by atoms with Crippen LogP contribution in [0.25, 0.3) is 0 Å². The second kappa shape index (κ2) is 8.15. The standard InChI is InChI=1S/C14H30O/c1-6-7-14(10-13(5)15)9-12(4)8-11(2)3/h11-15H,6-10H2,1-5H3. The van der Waals surface area contributed by atoms with Gasteiger partial charge in [-0.25, -0.2) is 0 Å². The highest BCUT2D eigenvalue weighted by molar-refractivity contribution is 4.67. The van der Waals surface area contributed by atoms with Crippen molar-refractivity contribution in [3.05, 3.63) is 0 Å². The third-order valence-electron chi connectivity index (χ3n) is 2.98. The Morgan fingerprint density at radius 1 is 0.933 bits per heavy atom. The van der Waals surface area contributed by atoms with Crippen LogP contribution in [0, 0.1) is 17.8 Å². The molecule has 0 heterocycles. The fraction of sp³-hybridized carbons (Fsp3) is 1.00. The largest absolute Gasteiger partial charge is 0.393 e. The molecule has 0 spiro atoms. The van der Waals surface area contributed by atoms with Crippen LogP contribution in [0.2, 0.25) is 0 Å². The maximum absolute atomic E-state index is 9.44. The summed E-state index contributed by atoms with van der Waals surface area (Å²) in [7, 11) is 0. The van der Waals surface area contributed by atoms with Crippen molar-refractivity contribution in [3.63, 3.8) is 0 Å². The summed E-state index contributed by atoms with van der Waals surface area (Å²) in [6, 6.07) is 0. The van der Waals surface area contributed by atoms with Crippen molar-refractivity contribution in [2.75, 3.05) is 0 Å². The van der Waals surface area contributed by atoms with Gasteiger partial charge in [0.05, 0.1) is 6.10 Å². The normalized spacial score (nSPS) is 17.8. The maximum atomic E-state index is 9.44. The molecule has 0 fully saturated rings. The molecule has 15 heavy (non-hydrogen) atoms. The number of hydrogen-bond acceptors (Lipinski definition) is 1. The molecule has 0 saturated carbocycles. The SMILES string of the molecule is CCCC(CC(C)O)CC(C)CC(C)C. The fourth-order valence-corrected chi connectivity index (χ4v) is 2.69. The minimum atomic E-state index is -0.132. The molecule has 3 atom stereocenters. The first-order valence-corrected chi connectivity index (χ1v) is 6.63. The Bertz CT molecular complexity index is 140. The van der Waals surface area contributed by atoms with E-state index < -0.39 is 0 Å². The van der Waals surface area contributed by atoms with Gasteiger partial charge in [-0.3, -0.25) is 0 Å². The van der Waals surface area contributed by atoms with Crippen LogP contribution in [0.5, 0.6) is 0 Å². The van der Waals surface area contributed by atoms with Crippen LogP contribution in [0.4, 0.5) is 0 Å². The van der Waals surface area contributed by atoms with Crippen LogP contribution in [0.15, 0.2) is 0 Å². The molecule has 0 aliphatic carbocycles. The molecular weight excluding hydrogens is 184 g/mol. The monoisotopic (exact) mass is 214 g/mol. The average molecular weight is 214 g/mol. The number of aliphatic hydroxyl groups is 1. The molecule has 1 N–H and O–H groups in total. The van der Waals surface area contributed by atoms with E-state index in [1.165, 1.54) is 25.7 Å². The smallest absolute Gasteiger partial charge is 0.0514 e. The minimum Gasteiger partial charge on any atom is -0.393 e. The fourth-order valence-electron chi connectivity index (χ4n) is 2.69. The zero-order chi connectivity index (χ0) is 11.8. The van der Waals surface area contributed by atoms with Gasteiger partial charge < -0.3 is 5.11 Å². The van der Waals surface area contributed by atoms with Crippen molar-refractivity contribution < 1.29 is 5.11 Å². The van der Waals surface area contributed by atoms with Crippen molar-refractivity contribution in [2.45, 2.75) is 72.8 Å². The summed E-state index contributed by atoms with van der Waals surface area (Å²) >= 11 is 0. The van der Waals surface area contributed by atoms with Crippen LogP contribution in [0.3, 0.4) is 0 Å². The van der Waals surface area contributed by atoms with Gasteiger partial charge in [0.1, 0.15) is 0 Å². The van der Waals surface area contributed by atoms with Gasteiger partial charge in [-0.1, -0.05) is 40.5 Å². The lowest BCUT2D eigenvalue weighted by atomic mass is 9.84. The highest BCUT2D eigenvalue weighted by Crippen LogP contribution is 2.25. The molecule has 0 bridgehead atoms. The predicted molar refractivity (Wildman–Crippen MR) is 67.9 cm³/mol. The maximum Gasteiger partial charge on any atom is 0.0514 e. The van der Waals surface area contributed by atoms with Gasteiger partial charge in [-0.2, -0.15) is 0 Å². The molecule has 1 nitrogen and oxygen atoms in total. The van der Waals surface area contributed by atoms with Crippen LogP contribution >= 0.6 is 0 Å². The van der Waals surface area contributed by atoms with Crippen molar-refractivity contribution in [2.24, 2.45) is 17.8 Å². The van der Waals surface area contributed by atoms with E-state index in [4.69, 9.17) is 0 Å². The van der Waals surface area contributed by atoms with Gasteiger partial charge in [0, 0.05) is 0 Å². The van der Waals surface area contributed by atoms with Gasteiger partial charge in [-0.15, -0.1) is 0 Å². The number of rotatable bonds is 8. The first-order chi connectivity index (χ1) is 6.95. The molecule has 1 heteroatoms. The van der Waals surface area contributed by atoms with Crippen LogP contribution in [0.1, 0.15) is 66.7 Å². The van der Waals surface area contributed by atoms with E-state index in [0.29, 0.717) is 0 Å². The second-order valence-corrected chi connectivity index (χ2v) is 5.71. The Hall–Kier alpha value is -0.0400. The molecule has 92 valence electrons. The topological polar surface area (TPSA) is 20.2 Å². The first-order valence-electron chi connectivity index (χ1n) is 6.63. The lowest BCUT2D eigenvalue weighted by molar-refractivity contribution is 0.146. The summed E-state index contributed by atoms with van der Waals surface area (Å²) in [5.74, 6) is 2.33. The van der Waals surface area contributed by atoms with Gasteiger partial charge in [-0.05, 0) is 43.9 Å². The van der Waals surface area contributed by atoms with Gasteiger partial charge in [0.2, 0.25) is 0 Å². The summed E-state index contributed by atoms with van der Waals surface area (Å²) < 4.78 is 0. The number of aliphatic hydroxyl groups excluding tert-OH is 1. The summed E-state index contributed by atoms with van der Waals surface area (Å²) in [5, 5.41) is 9.44. The minimum absolute atomic E-state index is 0.132. The molecule has 3 unspecified atom stereocenters. The molecular formula is C14H30O. The second-order valence-electron chi connectivity index (χ2n) is 5.71. The van der Waals surface area contributed by atoms with E-state index in [9.17, 15) is 5.11 Å².